The van der Waals surface area contributed by atoms with E-state index in [1.54, 1.807) is 32.3 Å². The topological polar surface area (TPSA) is 101 Å². The number of aromatic nitrogens is 2. The molecule has 2 atom stereocenters. The van der Waals surface area contributed by atoms with Crippen molar-refractivity contribution < 1.29 is 18.8 Å². The summed E-state index contributed by atoms with van der Waals surface area (Å²) >= 11 is 0. The molecule has 0 saturated carbocycles. The number of benzene rings is 2. The number of pyridine rings is 1. The van der Waals surface area contributed by atoms with E-state index >= 15 is 0 Å². The minimum Gasteiger partial charge on any atom is -0.458 e. The van der Waals surface area contributed by atoms with Crippen LogP contribution in [-0.4, -0.2) is 21.2 Å². The molecule has 0 radical (unpaired) electrons. The third-order valence-electron chi connectivity index (χ3n) is 6.41. The standard InChI is InChI=1S/C29H27N3O4/c1-17-16-30-12-11-23(17)28(21-7-5-4-6-8-21)31-26(33)14-20-9-10-24-22(13-20)15-25(35-24)29(34)27-18(2)32-36-19(27)3/h4-13,15-16,28-29,34H,14H2,1-3H3,(H,31,33). The Balaban J connectivity index is 1.37. The number of aliphatic hydroxyl groups excluding tert-OH is 1. The van der Waals surface area contributed by atoms with E-state index in [-0.39, 0.29) is 18.4 Å². The normalized spacial score (nSPS) is 13.0. The number of carbonyl (C=O) groups is 1. The van der Waals surface area contributed by atoms with Crippen molar-refractivity contribution in [1.29, 1.82) is 0 Å². The summed E-state index contributed by atoms with van der Waals surface area (Å²) in [7, 11) is 0. The molecule has 0 fully saturated rings. The lowest BCUT2D eigenvalue weighted by atomic mass is 9.96. The Hall–Kier alpha value is -4.23. The number of hydrogen-bond acceptors (Lipinski definition) is 6. The van der Waals surface area contributed by atoms with Crippen LogP contribution in [0.4, 0.5) is 0 Å². The van der Waals surface area contributed by atoms with Gasteiger partial charge in [-0.3, -0.25) is 9.78 Å². The number of carbonyl (C=O) groups excluding carboxylic acids is 1. The van der Waals surface area contributed by atoms with Crippen LogP contribution in [0.1, 0.15) is 57.2 Å². The number of nitrogens with zero attached hydrogens (tertiary/aromatic N) is 2. The van der Waals surface area contributed by atoms with E-state index < -0.39 is 6.10 Å². The maximum absolute atomic E-state index is 13.2. The monoisotopic (exact) mass is 481 g/mol. The van der Waals surface area contributed by atoms with Crippen molar-refractivity contribution in [2.24, 2.45) is 0 Å². The SMILES string of the molecule is Cc1cnccc1C(NC(=O)Cc1ccc2oc(C(O)c3c(C)noc3C)cc2c1)c1ccccc1. The van der Waals surface area contributed by atoms with Gasteiger partial charge in [0.2, 0.25) is 5.91 Å². The predicted octanol–water partition coefficient (Wildman–Crippen LogP) is 5.27. The van der Waals surface area contributed by atoms with Gasteiger partial charge < -0.3 is 19.4 Å². The van der Waals surface area contributed by atoms with Gasteiger partial charge >= 0.3 is 0 Å². The number of furan rings is 1. The Labute approximate surface area is 208 Å². The third kappa shape index (κ3) is 4.65. The fourth-order valence-corrected chi connectivity index (χ4v) is 4.57. The highest BCUT2D eigenvalue weighted by atomic mass is 16.5. The minimum atomic E-state index is -0.981. The maximum atomic E-state index is 13.2. The number of nitrogens with one attached hydrogen (secondary N) is 1. The largest absolute Gasteiger partial charge is 0.458 e. The van der Waals surface area contributed by atoms with Crippen LogP contribution in [0.15, 0.2) is 82.0 Å². The zero-order chi connectivity index (χ0) is 25.2. The second-order valence-electron chi connectivity index (χ2n) is 8.98. The number of hydrogen-bond donors (Lipinski definition) is 2. The molecule has 3 aromatic heterocycles. The van der Waals surface area contributed by atoms with E-state index in [0.717, 1.165) is 27.6 Å². The van der Waals surface area contributed by atoms with Crippen molar-refractivity contribution in [2.45, 2.75) is 39.3 Å². The molecule has 0 saturated heterocycles. The van der Waals surface area contributed by atoms with E-state index in [1.165, 1.54) is 0 Å². The molecule has 0 aliphatic carbocycles. The number of rotatable bonds is 7. The van der Waals surface area contributed by atoms with Crippen molar-refractivity contribution in [3.63, 3.8) is 0 Å². The lowest BCUT2D eigenvalue weighted by Crippen LogP contribution is -2.31. The molecule has 2 aromatic carbocycles. The summed E-state index contributed by atoms with van der Waals surface area (Å²) in [6.07, 6.45) is 2.77. The number of fused-ring (bicyclic) bond motifs is 1. The first-order chi connectivity index (χ1) is 17.4. The average molecular weight is 482 g/mol. The summed E-state index contributed by atoms with van der Waals surface area (Å²) in [6.45, 7) is 5.53. The number of aryl methyl sites for hydroxylation is 3. The zero-order valence-electron chi connectivity index (χ0n) is 20.4. The summed E-state index contributed by atoms with van der Waals surface area (Å²) < 4.78 is 11.1. The van der Waals surface area contributed by atoms with Crippen LogP contribution in [0.3, 0.4) is 0 Å². The number of amides is 1. The minimum absolute atomic E-state index is 0.0983. The van der Waals surface area contributed by atoms with Gasteiger partial charge in [-0.1, -0.05) is 41.6 Å². The van der Waals surface area contributed by atoms with Crippen LogP contribution in [0.5, 0.6) is 0 Å². The van der Waals surface area contributed by atoms with E-state index in [2.05, 4.69) is 15.5 Å². The van der Waals surface area contributed by atoms with Crippen LogP contribution in [0.2, 0.25) is 0 Å². The fraction of sp³-hybridized carbons (Fsp3) is 0.207. The van der Waals surface area contributed by atoms with Crippen molar-refractivity contribution in [3.8, 4) is 0 Å². The second kappa shape index (κ2) is 9.79. The van der Waals surface area contributed by atoms with Crippen LogP contribution in [0.25, 0.3) is 11.0 Å². The Bertz CT molecular complexity index is 1500. The smallest absolute Gasteiger partial charge is 0.225 e. The highest BCUT2D eigenvalue weighted by molar-refractivity contribution is 5.83. The van der Waals surface area contributed by atoms with Gasteiger partial charge in [0, 0.05) is 17.8 Å². The van der Waals surface area contributed by atoms with Crippen molar-refractivity contribution in [2.75, 3.05) is 0 Å². The molecule has 5 aromatic rings. The van der Waals surface area contributed by atoms with Crippen molar-refractivity contribution in [1.82, 2.24) is 15.5 Å². The molecule has 5 rings (SSSR count). The van der Waals surface area contributed by atoms with Gasteiger partial charge in [0.05, 0.1) is 23.7 Å². The van der Waals surface area contributed by atoms with E-state index in [9.17, 15) is 9.90 Å². The number of aliphatic hydroxyl groups is 1. The highest BCUT2D eigenvalue weighted by Crippen LogP contribution is 2.32. The van der Waals surface area contributed by atoms with Gasteiger partial charge in [0.25, 0.3) is 0 Å². The molecule has 0 spiro atoms. The molecule has 7 nitrogen and oxygen atoms in total. The molecule has 3 heterocycles. The molecule has 0 aliphatic rings. The molecule has 36 heavy (non-hydrogen) atoms. The van der Waals surface area contributed by atoms with Gasteiger partial charge in [0.15, 0.2) is 0 Å². The zero-order valence-corrected chi connectivity index (χ0v) is 20.4. The quantitative estimate of drug-likeness (QED) is 0.328. The first kappa shape index (κ1) is 23.5. The third-order valence-corrected chi connectivity index (χ3v) is 6.41. The van der Waals surface area contributed by atoms with Gasteiger partial charge in [-0.15, -0.1) is 0 Å². The highest BCUT2D eigenvalue weighted by Gasteiger charge is 2.24. The average Bonchev–Trinajstić information content (AvgIpc) is 3.45. The van der Waals surface area contributed by atoms with Gasteiger partial charge in [-0.25, -0.2) is 0 Å². The van der Waals surface area contributed by atoms with Gasteiger partial charge in [0.1, 0.15) is 23.2 Å². The Kier molecular flexibility index (Phi) is 6.40. The predicted molar refractivity (Wildman–Crippen MR) is 135 cm³/mol. The maximum Gasteiger partial charge on any atom is 0.225 e. The van der Waals surface area contributed by atoms with Crippen molar-refractivity contribution >= 4 is 16.9 Å². The second-order valence-corrected chi connectivity index (χ2v) is 8.98. The summed E-state index contributed by atoms with van der Waals surface area (Å²) in [4.78, 5) is 17.3. The molecule has 2 N–H and O–H groups in total. The van der Waals surface area contributed by atoms with Crippen molar-refractivity contribution in [3.05, 3.63) is 118 Å². The van der Waals surface area contributed by atoms with E-state index in [0.29, 0.717) is 28.4 Å². The summed E-state index contributed by atoms with van der Waals surface area (Å²) in [5, 5.41) is 18.8. The van der Waals surface area contributed by atoms with E-state index in [4.69, 9.17) is 8.94 Å². The van der Waals surface area contributed by atoms with E-state index in [1.807, 2.05) is 61.5 Å². The lowest BCUT2D eigenvalue weighted by molar-refractivity contribution is -0.120. The van der Waals surface area contributed by atoms with Gasteiger partial charge in [-0.05, 0) is 67.3 Å². The molecule has 7 heteroatoms. The van der Waals surface area contributed by atoms with Crippen LogP contribution in [0, 0.1) is 20.8 Å². The van der Waals surface area contributed by atoms with Crippen LogP contribution in [-0.2, 0) is 11.2 Å². The lowest BCUT2D eigenvalue weighted by Gasteiger charge is -2.21. The van der Waals surface area contributed by atoms with Crippen LogP contribution < -0.4 is 5.32 Å². The molecule has 182 valence electrons. The Morgan fingerprint density at radius 3 is 2.58 bits per heavy atom. The summed E-state index contributed by atoms with van der Waals surface area (Å²) in [6, 6.07) is 19.0. The Morgan fingerprint density at radius 1 is 1.06 bits per heavy atom. The molecular weight excluding hydrogens is 454 g/mol. The van der Waals surface area contributed by atoms with Gasteiger partial charge in [-0.2, -0.15) is 0 Å². The first-order valence-corrected chi connectivity index (χ1v) is 11.8. The first-order valence-electron chi connectivity index (χ1n) is 11.8. The van der Waals surface area contributed by atoms with Crippen LogP contribution >= 0.6 is 0 Å². The molecular formula is C29H27N3O4. The molecule has 0 bridgehead atoms. The molecule has 1 amide bonds. The Morgan fingerprint density at radius 2 is 1.86 bits per heavy atom. The fourth-order valence-electron chi connectivity index (χ4n) is 4.57. The molecule has 0 aliphatic heterocycles. The summed E-state index contributed by atoms with van der Waals surface area (Å²) in [5.41, 5.74) is 5.72. The molecule has 2 unspecified atom stereocenters. The summed E-state index contributed by atoms with van der Waals surface area (Å²) in [5.74, 6) is 0.854.